The van der Waals surface area contributed by atoms with E-state index in [1.807, 2.05) is 0 Å². The van der Waals surface area contributed by atoms with E-state index in [0.717, 1.165) is 77.0 Å². The normalized spacial score (nSPS) is 12.7. The van der Waals surface area contributed by atoms with Gasteiger partial charge >= 0.3 is 11.9 Å². The van der Waals surface area contributed by atoms with E-state index in [9.17, 15) is 14.7 Å². The Bertz CT molecular complexity index is 1180. The Hall–Kier alpha value is -2.66. The third-order valence-electron chi connectivity index (χ3n) is 12.5. The molecular formula is C61H108O5. The summed E-state index contributed by atoms with van der Waals surface area (Å²) in [5.41, 5.74) is 0. The van der Waals surface area contributed by atoms with Crippen molar-refractivity contribution < 1.29 is 24.2 Å². The van der Waals surface area contributed by atoms with Crippen molar-refractivity contribution in [3.63, 3.8) is 0 Å². The first-order valence-electron chi connectivity index (χ1n) is 28.5. The molecule has 0 spiro atoms. The van der Waals surface area contributed by atoms with Crippen LogP contribution < -0.4 is 0 Å². The maximum absolute atomic E-state index is 12.3. The van der Waals surface area contributed by atoms with Crippen molar-refractivity contribution in [2.45, 2.75) is 290 Å². The molecule has 0 radical (unpaired) electrons. The van der Waals surface area contributed by atoms with Crippen LogP contribution in [0.1, 0.15) is 284 Å². The Morgan fingerprint density at radius 2 is 0.652 bits per heavy atom. The number of ether oxygens (including phenoxy) is 2. The van der Waals surface area contributed by atoms with Gasteiger partial charge in [0.1, 0.15) is 6.61 Å². The van der Waals surface area contributed by atoms with Crippen LogP contribution in [0, 0.1) is 0 Å². The summed E-state index contributed by atoms with van der Waals surface area (Å²) >= 11 is 0. The average molecular weight is 922 g/mol. The molecule has 0 amide bonds. The fourth-order valence-corrected chi connectivity index (χ4v) is 8.23. The third-order valence-corrected chi connectivity index (χ3v) is 12.5. The summed E-state index contributed by atoms with van der Waals surface area (Å²) in [7, 11) is 0. The fraction of sp³-hybridized carbons (Fsp3) is 0.770. The number of hydrogen-bond donors (Lipinski definition) is 1. The molecule has 1 N–H and O–H groups in total. The third kappa shape index (κ3) is 54.0. The summed E-state index contributed by atoms with van der Waals surface area (Å²) in [6.07, 6.45) is 77.5. The Labute approximate surface area is 410 Å². The molecule has 0 bridgehead atoms. The minimum Gasteiger partial charge on any atom is -0.462 e. The summed E-state index contributed by atoms with van der Waals surface area (Å²) in [6, 6.07) is 0. The van der Waals surface area contributed by atoms with Crippen molar-refractivity contribution >= 4 is 11.9 Å². The molecule has 1 atom stereocenters. The number of allylic oxidation sites excluding steroid dienone is 12. The maximum Gasteiger partial charge on any atom is 0.306 e. The van der Waals surface area contributed by atoms with Crippen molar-refractivity contribution in [2.75, 3.05) is 13.2 Å². The Balaban J connectivity index is 3.43. The molecule has 66 heavy (non-hydrogen) atoms. The van der Waals surface area contributed by atoms with Gasteiger partial charge in [-0.05, 0) is 83.5 Å². The van der Waals surface area contributed by atoms with E-state index >= 15 is 0 Å². The molecule has 0 aliphatic carbocycles. The molecule has 0 saturated heterocycles. The van der Waals surface area contributed by atoms with Gasteiger partial charge in [0.15, 0.2) is 6.10 Å². The molecule has 0 aromatic carbocycles. The van der Waals surface area contributed by atoms with Gasteiger partial charge in [-0.1, -0.05) is 260 Å². The summed E-state index contributed by atoms with van der Waals surface area (Å²) < 4.78 is 10.7. The van der Waals surface area contributed by atoms with Crippen LogP contribution in [-0.2, 0) is 19.1 Å². The Morgan fingerprint density at radius 1 is 0.364 bits per heavy atom. The number of esters is 2. The zero-order valence-corrected chi connectivity index (χ0v) is 43.7. The topological polar surface area (TPSA) is 72.8 Å². The standard InChI is InChI=1S/C61H108O5/c1-3-5-7-9-11-13-15-17-19-20-21-22-23-24-25-26-27-28-29-30-31-32-33-34-35-36-37-38-39-40-42-44-46-48-50-52-54-56-61(64)66-59(57-62)58-65-60(63)55-53-51-49-47-45-43-41-18-16-14-12-10-8-6-4-2/h5,7,11,13,17-19,21-22,24-25,41,59,62H,3-4,6,8-10,12,14-16,20,23,26-40,42-58H2,1-2H3/b7-5-,13-11-,19-17-,22-21-,25-24-,41-18-. The number of aliphatic hydroxyl groups excluding tert-OH is 1. The molecule has 0 rings (SSSR count). The summed E-state index contributed by atoms with van der Waals surface area (Å²) in [5, 5.41) is 9.63. The van der Waals surface area contributed by atoms with E-state index < -0.39 is 6.10 Å². The molecule has 5 nitrogen and oxygen atoms in total. The van der Waals surface area contributed by atoms with Gasteiger partial charge in [-0.2, -0.15) is 0 Å². The molecule has 0 aliphatic heterocycles. The predicted molar refractivity (Wildman–Crippen MR) is 288 cm³/mol. The highest BCUT2D eigenvalue weighted by atomic mass is 16.6. The quantitative estimate of drug-likeness (QED) is 0.0374. The van der Waals surface area contributed by atoms with Crippen LogP contribution in [0.15, 0.2) is 72.9 Å². The van der Waals surface area contributed by atoms with Crippen LogP contribution in [0.3, 0.4) is 0 Å². The average Bonchev–Trinajstić information content (AvgIpc) is 3.32. The number of aliphatic hydroxyl groups is 1. The van der Waals surface area contributed by atoms with Crippen molar-refractivity contribution in [1.82, 2.24) is 0 Å². The molecule has 382 valence electrons. The van der Waals surface area contributed by atoms with E-state index in [4.69, 9.17) is 9.47 Å². The molecule has 0 saturated carbocycles. The number of carbonyl (C=O) groups is 2. The van der Waals surface area contributed by atoms with Crippen LogP contribution >= 0.6 is 0 Å². The largest absolute Gasteiger partial charge is 0.462 e. The highest BCUT2D eigenvalue weighted by Crippen LogP contribution is 2.17. The first kappa shape index (κ1) is 63.3. The molecule has 0 aliphatic rings. The lowest BCUT2D eigenvalue weighted by molar-refractivity contribution is -0.161. The van der Waals surface area contributed by atoms with Crippen LogP contribution in [-0.4, -0.2) is 36.4 Å². The lowest BCUT2D eigenvalue weighted by Gasteiger charge is -2.15. The minimum atomic E-state index is -0.775. The highest BCUT2D eigenvalue weighted by Gasteiger charge is 2.16. The van der Waals surface area contributed by atoms with Crippen LogP contribution in [0.2, 0.25) is 0 Å². The summed E-state index contributed by atoms with van der Waals surface area (Å²) in [4.78, 5) is 24.4. The van der Waals surface area contributed by atoms with Gasteiger partial charge in [0.05, 0.1) is 6.61 Å². The van der Waals surface area contributed by atoms with E-state index in [1.165, 1.54) is 180 Å². The van der Waals surface area contributed by atoms with Crippen molar-refractivity contribution in [3.8, 4) is 0 Å². The molecule has 0 aromatic heterocycles. The summed E-state index contributed by atoms with van der Waals surface area (Å²) in [6.45, 7) is 4.03. The van der Waals surface area contributed by atoms with Crippen LogP contribution in [0.25, 0.3) is 0 Å². The van der Waals surface area contributed by atoms with Gasteiger partial charge in [-0.3, -0.25) is 9.59 Å². The zero-order valence-electron chi connectivity index (χ0n) is 43.7. The first-order chi connectivity index (χ1) is 32.6. The lowest BCUT2D eigenvalue weighted by Crippen LogP contribution is -2.28. The van der Waals surface area contributed by atoms with Gasteiger partial charge in [0.25, 0.3) is 0 Å². The van der Waals surface area contributed by atoms with E-state index in [1.54, 1.807) is 0 Å². The Kier molecular flexibility index (Phi) is 54.4. The number of hydrogen-bond acceptors (Lipinski definition) is 5. The SMILES string of the molecule is CC/C=C\C/C=C\C/C=C\C/C=C\C/C=C\CCCCCCCCCCCCCCCCCCCCCCCC(=O)OC(CO)COC(=O)CCCCCCC/C=C\CCCCCCCC. The molecular weight excluding hydrogens is 813 g/mol. The molecule has 1 unspecified atom stereocenters. The number of rotatable bonds is 52. The van der Waals surface area contributed by atoms with E-state index in [0.29, 0.717) is 12.8 Å². The second-order valence-corrected chi connectivity index (χ2v) is 19.0. The van der Waals surface area contributed by atoms with Crippen molar-refractivity contribution in [2.24, 2.45) is 0 Å². The maximum atomic E-state index is 12.3. The van der Waals surface area contributed by atoms with Gasteiger partial charge in [0.2, 0.25) is 0 Å². The molecule has 5 heteroatoms. The van der Waals surface area contributed by atoms with E-state index in [-0.39, 0.29) is 25.2 Å². The second kappa shape index (κ2) is 56.7. The first-order valence-corrected chi connectivity index (χ1v) is 28.5. The molecule has 0 heterocycles. The van der Waals surface area contributed by atoms with Gasteiger partial charge in [0, 0.05) is 12.8 Å². The zero-order chi connectivity index (χ0) is 47.7. The van der Waals surface area contributed by atoms with Crippen LogP contribution in [0.5, 0.6) is 0 Å². The molecule has 0 aromatic rings. The van der Waals surface area contributed by atoms with Gasteiger partial charge < -0.3 is 14.6 Å². The fourth-order valence-electron chi connectivity index (χ4n) is 8.23. The highest BCUT2D eigenvalue weighted by molar-refractivity contribution is 5.70. The molecule has 0 fully saturated rings. The van der Waals surface area contributed by atoms with Gasteiger partial charge in [-0.25, -0.2) is 0 Å². The monoisotopic (exact) mass is 921 g/mol. The Morgan fingerprint density at radius 3 is 1.00 bits per heavy atom. The lowest BCUT2D eigenvalue weighted by atomic mass is 10.0. The predicted octanol–water partition coefficient (Wildman–Crippen LogP) is 19.2. The van der Waals surface area contributed by atoms with Gasteiger partial charge in [-0.15, -0.1) is 0 Å². The van der Waals surface area contributed by atoms with Crippen molar-refractivity contribution in [3.05, 3.63) is 72.9 Å². The number of carbonyl (C=O) groups excluding carboxylic acids is 2. The van der Waals surface area contributed by atoms with Crippen molar-refractivity contribution in [1.29, 1.82) is 0 Å². The minimum absolute atomic E-state index is 0.0680. The van der Waals surface area contributed by atoms with E-state index in [2.05, 4.69) is 86.8 Å². The second-order valence-electron chi connectivity index (χ2n) is 19.0. The van der Waals surface area contributed by atoms with Crippen LogP contribution in [0.4, 0.5) is 0 Å². The summed E-state index contributed by atoms with van der Waals surface area (Å²) in [5.74, 6) is -0.590. The smallest absolute Gasteiger partial charge is 0.306 e. The number of unbranched alkanes of at least 4 members (excludes halogenated alkanes) is 32.